The molecule has 0 radical (unpaired) electrons. The lowest BCUT2D eigenvalue weighted by atomic mass is 10.1. The first-order valence-corrected chi connectivity index (χ1v) is 6.85. The first-order chi connectivity index (χ1) is 9.34. The van der Waals surface area contributed by atoms with Crippen LogP contribution in [0.1, 0.15) is 5.82 Å². The van der Waals surface area contributed by atoms with E-state index in [1.54, 1.807) is 17.7 Å². The van der Waals surface area contributed by atoms with Crippen molar-refractivity contribution in [3.8, 4) is 11.1 Å². The Kier molecular flexibility index (Phi) is 2.16. The Hall–Kier alpha value is -2.27. The SMILES string of the molecule is Cc1nnc2c3c(-c4ccccc4)csc3ncn12. The van der Waals surface area contributed by atoms with Crippen molar-refractivity contribution in [1.29, 1.82) is 0 Å². The summed E-state index contributed by atoms with van der Waals surface area (Å²) < 4.78 is 1.93. The molecule has 0 N–H and O–H groups in total. The van der Waals surface area contributed by atoms with Gasteiger partial charge in [0.05, 0.1) is 5.39 Å². The van der Waals surface area contributed by atoms with Crippen LogP contribution in [0.2, 0.25) is 0 Å². The molecule has 4 rings (SSSR count). The minimum Gasteiger partial charge on any atom is -0.269 e. The predicted molar refractivity (Wildman–Crippen MR) is 76.3 cm³/mol. The monoisotopic (exact) mass is 266 g/mol. The van der Waals surface area contributed by atoms with Crippen LogP contribution in [0.3, 0.4) is 0 Å². The van der Waals surface area contributed by atoms with E-state index in [-0.39, 0.29) is 0 Å². The summed E-state index contributed by atoms with van der Waals surface area (Å²) >= 11 is 1.64. The molecule has 5 heteroatoms. The number of fused-ring (bicyclic) bond motifs is 3. The fraction of sp³-hybridized carbons (Fsp3) is 0.0714. The van der Waals surface area contributed by atoms with Gasteiger partial charge in [-0.2, -0.15) is 0 Å². The van der Waals surface area contributed by atoms with Gasteiger partial charge in [0.1, 0.15) is 17.0 Å². The molecule has 0 unspecified atom stereocenters. The van der Waals surface area contributed by atoms with Gasteiger partial charge in [-0.1, -0.05) is 30.3 Å². The second-order valence-corrected chi connectivity index (χ2v) is 5.24. The molecule has 0 aliphatic carbocycles. The van der Waals surface area contributed by atoms with E-state index in [4.69, 9.17) is 0 Å². The number of rotatable bonds is 1. The highest BCUT2D eigenvalue weighted by molar-refractivity contribution is 7.17. The zero-order valence-electron chi connectivity index (χ0n) is 10.2. The van der Waals surface area contributed by atoms with Gasteiger partial charge in [-0.25, -0.2) is 4.98 Å². The van der Waals surface area contributed by atoms with Crippen LogP contribution in [0.15, 0.2) is 42.0 Å². The fourth-order valence-corrected chi connectivity index (χ4v) is 3.19. The van der Waals surface area contributed by atoms with Gasteiger partial charge >= 0.3 is 0 Å². The van der Waals surface area contributed by atoms with E-state index in [9.17, 15) is 0 Å². The van der Waals surface area contributed by atoms with Crippen molar-refractivity contribution in [2.24, 2.45) is 0 Å². The molecule has 19 heavy (non-hydrogen) atoms. The van der Waals surface area contributed by atoms with E-state index in [0.29, 0.717) is 0 Å². The quantitative estimate of drug-likeness (QED) is 0.531. The maximum absolute atomic E-state index is 4.49. The van der Waals surface area contributed by atoms with Crippen molar-refractivity contribution >= 4 is 27.2 Å². The average Bonchev–Trinajstić information content (AvgIpc) is 3.03. The number of thiophene rings is 1. The Morgan fingerprint density at radius 3 is 2.79 bits per heavy atom. The van der Waals surface area contributed by atoms with Gasteiger partial charge < -0.3 is 0 Å². The fourth-order valence-electron chi connectivity index (χ4n) is 2.28. The third-order valence-electron chi connectivity index (χ3n) is 3.24. The topological polar surface area (TPSA) is 43.1 Å². The van der Waals surface area contributed by atoms with Gasteiger partial charge in [0, 0.05) is 10.9 Å². The number of aromatic nitrogens is 4. The standard InChI is InChI=1S/C14H10N4S/c1-9-16-17-13-12-11(10-5-3-2-4-6-10)7-19-14(12)15-8-18(9)13/h2-8H,1H3. The third kappa shape index (κ3) is 1.48. The minimum absolute atomic E-state index is 0.856. The number of nitrogens with zero attached hydrogens (tertiary/aromatic N) is 4. The largest absolute Gasteiger partial charge is 0.269 e. The molecule has 0 amide bonds. The molecule has 0 aliphatic rings. The Bertz CT molecular complexity index is 876. The molecule has 3 aromatic heterocycles. The summed E-state index contributed by atoms with van der Waals surface area (Å²) in [5, 5.41) is 11.6. The smallest absolute Gasteiger partial charge is 0.173 e. The highest BCUT2D eigenvalue weighted by atomic mass is 32.1. The van der Waals surface area contributed by atoms with Crippen molar-refractivity contribution in [3.05, 3.63) is 47.9 Å². The molecule has 0 fully saturated rings. The van der Waals surface area contributed by atoms with Crippen LogP contribution >= 0.6 is 11.3 Å². The second kappa shape index (κ2) is 3.86. The molecular formula is C14H10N4S. The van der Waals surface area contributed by atoms with Crippen molar-refractivity contribution in [2.75, 3.05) is 0 Å². The van der Waals surface area contributed by atoms with Crippen molar-refractivity contribution in [2.45, 2.75) is 6.92 Å². The zero-order chi connectivity index (χ0) is 12.8. The summed E-state index contributed by atoms with van der Waals surface area (Å²) in [4.78, 5) is 5.49. The van der Waals surface area contributed by atoms with Crippen molar-refractivity contribution in [3.63, 3.8) is 0 Å². The van der Waals surface area contributed by atoms with Gasteiger partial charge in [0.2, 0.25) is 0 Å². The molecule has 4 aromatic rings. The number of aryl methyl sites for hydroxylation is 1. The van der Waals surface area contributed by atoms with Crippen LogP contribution in [-0.2, 0) is 0 Å². The predicted octanol–water partition coefficient (Wildman–Crippen LogP) is 3.31. The summed E-state index contributed by atoms with van der Waals surface area (Å²) in [5.41, 5.74) is 3.23. The van der Waals surface area contributed by atoms with Crippen LogP contribution < -0.4 is 0 Å². The number of benzene rings is 1. The van der Waals surface area contributed by atoms with Crippen LogP contribution in [0.25, 0.3) is 27.0 Å². The summed E-state index contributed by atoms with van der Waals surface area (Å²) in [5.74, 6) is 0.856. The molecule has 0 atom stereocenters. The third-order valence-corrected chi connectivity index (χ3v) is 4.12. The summed E-state index contributed by atoms with van der Waals surface area (Å²) in [6.07, 6.45) is 1.79. The molecule has 0 saturated heterocycles. The Labute approximate surface area is 113 Å². The first kappa shape index (κ1) is 10.6. The Balaban J connectivity index is 2.15. The normalized spacial score (nSPS) is 11.4. The highest BCUT2D eigenvalue weighted by Gasteiger charge is 2.13. The number of hydrogen-bond donors (Lipinski definition) is 0. The zero-order valence-corrected chi connectivity index (χ0v) is 11.1. The Morgan fingerprint density at radius 2 is 1.95 bits per heavy atom. The first-order valence-electron chi connectivity index (χ1n) is 5.97. The van der Waals surface area contributed by atoms with Crippen molar-refractivity contribution < 1.29 is 0 Å². The summed E-state index contributed by atoms with van der Waals surface area (Å²) in [7, 11) is 0. The maximum atomic E-state index is 4.49. The lowest BCUT2D eigenvalue weighted by Gasteiger charge is -2.00. The van der Waals surface area contributed by atoms with E-state index in [2.05, 4.69) is 32.7 Å². The molecule has 1 aromatic carbocycles. The minimum atomic E-state index is 0.856. The molecule has 4 nitrogen and oxygen atoms in total. The van der Waals surface area contributed by atoms with E-state index >= 15 is 0 Å². The molecule has 92 valence electrons. The van der Waals surface area contributed by atoms with Gasteiger partial charge in [-0.3, -0.25) is 4.40 Å². The van der Waals surface area contributed by atoms with Gasteiger partial charge in [-0.15, -0.1) is 21.5 Å². The molecule has 0 bridgehead atoms. The van der Waals surface area contributed by atoms with Crippen molar-refractivity contribution in [1.82, 2.24) is 19.6 Å². The lowest BCUT2D eigenvalue weighted by molar-refractivity contribution is 0.990. The van der Waals surface area contributed by atoms with Crippen LogP contribution in [0, 0.1) is 6.92 Å². The molecule has 0 saturated carbocycles. The lowest BCUT2D eigenvalue weighted by Crippen LogP contribution is -1.90. The van der Waals surface area contributed by atoms with Crippen LogP contribution in [0.4, 0.5) is 0 Å². The average molecular weight is 266 g/mol. The van der Waals surface area contributed by atoms with Crippen LogP contribution in [0.5, 0.6) is 0 Å². The molecule has 0 aliphatic heterocycles. The second-order valence-electron chi connectivity index (χ2n) is 4.38. The molecule has 0 spiro atoms. The van der Waals surface area contributed by atoms with Gasteiger partial charge in [0.25, 0.3) is 0 Å². The van der Waals surface area contributed by atoms with E-state index in [0.717, 1.165) is 21.7 Å². The van der Waals surface area contributed by atoms with Gasteiger partial charge in [0.15, 0.2) is 5.65 Å². The Morgan fingerprint density at radius 1 is 1.11 bits per heavy atom. The van der Waals surface area contributed by atoms with E-state index in [1.165, 1.54) is 11.1 Å². The number of hydrogen-bond acceptors (Lipinski definition) is 4. The molecule has 3 heterocycles. The summed E-state index contributed by atoms with van der Waals surface area (Å²) in [6, 6.07) is 10.3. The van der Waals surface area contributed by atoms with Crippen LogP contribution in [-0.4, -0.2) is 19.6 Å². The van der Waals surface area contributed by atoms with E-state index in [1.807, 2.05) is 29.5 Å². The highest BCUT2D eigenvalue weighted by Crippen LogP contribution is 2.34. The van der Waals surface area contributed by atoms with E-state index < -0.39 is 0 Å². The summed E-state index contributed by atoms with van der Waals surface area (Å²) in [6.45, 7) is 1.93. The van der Waals surface area contributed by atoms with Gasteiger partial charge in [-0.05, 0) is 12.5 Å². The molecular weight excluding hydrogens is 256 g/mol. The maximum Gasteiger partial charge on any atom is 0.173 e.